The summed E-state index contributed by atoms with van der Waals surface area (Å²) in [5.74, 6) is 0. The maximum atomic E-state index is 11.6. The molecule has 2 rings (SSSR count). The maximum Gasteiger partial charge on any atom is 0.409 e. The lowest BCUT2D eigenvalue weighted by molar-refractivity contribution is -0.0279. The molecule has 4 nitrogen and oxygen atoms in total. The Bertz CT molecular complexity index is 366. The number of amides is 1. The molecule has 0 aromatic heterocycles. The summed E-state index contributed by atoms with van der Waals surface area (Å²) in [6.07, 6.45) is -0.300. The van der Waals surface area contributed by atoms with Crippen LogP contribution in [0.5, 0.6) is 0 Å². The number of nitrogens with zero attached hydrogens (tertiary/aromatic N) is 1. The topological polar surface area (TPSA) is 38.8 Å². The fourth-order valence-electron chi connectivity index (χ4n) is 1.90. The van der Waals surface area contributed by atoms with Crippen LogP contribution in [0.25, 0.3) is 0 Å². The van der Waals surface area contributed by atoms with Crippen molar-refractivity contribution in [3.63, 3.8) is 0 Å². The quantitative estimate of drug-likeness (QED) is 0.789. The second-order valence-corrected chi connectivity index (χ2v) is 3.92. The Morgan fingerprint density at radius 1 is 1.47 bits per heavy atom. The van der Waals surface area contributed by atoms with Crippen molar-refractivity contribution >= 4 is 6.09 Å². The van der Waals surface area contributed by atoms with Gasteiger partial charge in [0.2, 0.25) is 0 Å². The first kappa shape index (κ1) is 11.9. The molecule has 17 heavy (non-hydrogen) atoms. The fraction of sp³-hybridized carbons (Fsp3) is 0.462. The lowest BCUT2D eigenvalue weighted by atomic mass is 10.1. The number of ether oxygens (including phenoxy) is 2. The lowest BCUT2D eigenvalue weighted by Gasteiger charge is -2.32. The van der Waals surface area contributed by atoms with Crippen LogP contribution in [0.2, 0.25) is 0 Å². The van der Waals surface area contributed by atoms with E-state index in [-0.39, 0.29) is 12.2 Å². The molecule has 1 unspecified atom stereocenters. The SMILES string of the molecule is CCOC(=O)N1CCOC(c2ccccc2)C1. The molecule has 1 aromatic rings. The molecule has 1 atom stereocenters. The zero-order valence-corrected chi connectivity index (χ0v) is 9.96. The first-order chi connectivity index (χ1) is 8.31. The average molecular weight is 235 g/mol. The van der Waals surface area contributed by atoms with Gasteiger partial charge in [-0.05, 0) is 12.5 Å². The van der Waals surface area contributed by atoms with Gasteiger partial charge in [0.05, 0.1) is 19.8 Å². The van der Waals surface area contributed by atoms with E-state index < -0.39 is 0 Å². The van der Waals surface area contributed by atoms with Crippen molar-refractivity contribution in [2.75, 3.05) is 26.3 Å². The minimum absolute atomic E-state index is 0.0469. The van der Waals surface area contributed by atoms with E-state index in [1.165, 1.54) is 0 Å². The minimum Gasteiger partial charge on any atom is -0.450 e. The van der Waals surface area contributed by atoms with Gasteiger partial charge in [0.25, 0.3) is 0 Å². The summed E-state index contributed by atoms with van der Waals surface area (Å²) in [6.45, 7) is 3.93. The highest BCUT2D eigenvalue weighted by Gasteiger charge is 2.25. The number of rotatable bonds is 2. The van der Waals surface area contributed by atoms with E-state index >= 15 is 0 Å². The van der Waals surface area contributed by atoms with E-state index in [1.54, 1.807) is 4.90 Å². The van der Waals surface area contributed by atoms with Crippen LogP contribution < -0.4 is 0 Å². The van der Waals surface area contributed by atoms with Crippen LogP contribution in [0.15, 0.2) is 30.3 Å². The van der Waals surface area contributed by atoms with Crippen LogP contribution in [0.3, 0.4) is 0 Å². The van der Waals surface area contributed by atoms with Gasteiger partial charge < -0.3 is 14.4 Å². The van der Waals surface area contributed by atoms with Crippen LogP contribution >= 0.6 is 0 Å². The molecule has 0 spiro atoms. The van der Waals surface area contributed by atoms with Crippen molar-refractivity contribution < 1.29 is 14.3 Å². The van der Waals surface area contributed by atoms with Gasteiger partial charge in [-0.2, -0.15) is 0 Å². The summed E-state index contributed by atoms with van der Waals surface area (Å²) in [5.41, 5.74) is 1.10. The van der Waals surface area contributed by atoms with Crippen LogP contribution in [0.4, 0.5) is 4.79 Å². The van der Waals surface area contributed by atoms with Crippen molar-refractivity contribution in [2.24, 2.45) is 0 Å². The van der Waals surface area contributed by atoms with Gasteiger partial charge in [0.15, 0.2) is 0 Å². The van der Waals surface area contributed by atoms with Crippen LogP contribution in [0, 0.1) is 0 Å². The van der Waals surface area contributed by atoms with Crippen molar-refractivity contribution in [3.8, 4) is 0 Å². The Hall–Kier alpha value is -1.55. The zero-order chi connectivity index (χ0) is 12.1. The molecule has 0 saturated carbocycles. The highest BCUT2D eigenvalue weighted by molar-refractivity contribution is 5.67. The predicted molar refractivity (Wildman–Crippen MR) is 63.7 cm³/mol. The Balaban J connectivity index is 2.00. The summed E-state index contributed by atoms with van der Waals surface area (Å²) in [4.78, 5) is 13.3. The number of benzene rings is 1. The smallest absolute Gasteiger partial charge is 0.409 e. The molecule has 0 N–H and O–H groups in total. The molecule has 4 heteroatoms. The monoisotopic (exact) mass is 235 g/mol. The molecular formula is C13H17NO3. The highest BCUT2D eigenvalue weighted by atomic mass is 16.6. The normalized spacial score (nSPS) is 20.1. The van der Waals surface area contributed by atoms with Crippen LogP contribution in [-0.4, -0.2) is 37.3 Å². The average Bonchev–Trinajstić information content (AvgIpc) is 2.40. The number of carbonyl (C=O) groups is 1. The van der Waals surface area contributed by atoms with E-state index in [2.05, 4.69) is 0 Å². The molecule has 1 aliphatic heterocycles. The first-order valence-corrected chi connectivity index (χ1v) is 5.89. The van der Waals surface area contributed by atoms with Crippen LogP contribution in [-0.2, 0) is 9.47 Å². The Morgan fingerprint density at radius 2 is 2.24 bits per heavy atom. The third-order valence-electron chi connectivity index (χ3n) is 2.76. The second-order valence-electron chi connectivity index (χ2n) is 3.92. The molecular weight excluding hydrogens is 218 g/mol. The van der Waals surface area contributed by atoms with E-state index in [0.717, 1.165) is 5.56 Å². The van der Waals surface area contributed by atoms with E-state index in [0.29, 0.717) is 26.3 Å². The molecule has 1 fully saturated rings. The van der Waals surface area contributed by atoms with Gasteiger partial charge >= 0.3 is 6.09 Å². The van der Waals surface area contributed by atoms with Gasteiger partial charge in [-0.3, -0.25) is 0 Å². The second kappa shape index (κ2) is 5.68. The minimum atomic E-state index is -0.253. The summed E-state index contributed by atoms with van der Waals surface area (Å²) in [6, 6.07) is 9.94. The van der Waals surface area contributed by atoms with Gasteiger partial charge in [0.1, 0.15) is 6.10 Å². The fourth-order valence-corrected chi connectivity index (χ4v) is 1.90. The van der Waals surface area contributed by atoms with Crippen molar-refractivity contribution in [1.82, 2.24) is 4.90 Å². The van der Waals surface area contributed by atoms with Gasteiger partial charge in [-0.25, -0.2) is 4.79 Å². The Kier molecular flexibility index (Phi) is 3.98. The third kappa shape index (κ3) is 2.97. The van der Waals surface area contributed by atoms with E-state index in [9.17, 15) is 4.79 Å². The van der Waals surface area contributed by atoms with Crippen molar-refractivity contribution in [3.05, 3.63) is 35.9 Å². The largest absolute Gasteiger partial charge is 0.450 e. The van der Waals surface area contributed by atoms with Crippen molar-refractivity contribution in [1.29, 1.82) is 0 Å². The Labute approximate surface area is 101 Å². The molecule has 1 aliphatic rings. The first-order valence-electron chi connectivity index (χ1n) is 5.89. The van der Waals surface area contributed by atoms with Gasteiger partial charge in [-0.1, -0.05) is 30.3 Å². The molecule has 92 valence electrons. The molecule has 0 aliphatic carbocycles. The van der Waals surface area contributed by atoms with Crippen molar-refractivity contribution in [2.45, 2.75) is 13.0 Å². The number of hydrogen-bond donors (Lipinski definition) is 0. The molecule has 1 amide bonds. The lowest BCUT2D eigenvalue weighted by Crippen LogP contribution is -2.42. The molecule has 1 heterocycles. The summed E-state index contributed by atoms with van der Waals surface area (Å²) >= 11 is 0. The highest BCUT2D eigenvalue weighted by Crippen LogP contribution is 2.22. The third-order valence-corrected chi connectivity index (χ3v) is 2.76. The zero-order valence-electron chi connectivity index (χ0n) is 9.96. The molecule has 0 radical (unpaired) electrons. The molecule has 1 aromatic carbocycles. The van der Waals surface area contributed by atoms with E-state index in [4.69, 9.17) is 9.47 Å². The van der Waals surface area contributed by atoms with Gasteiger partial charge in [0, 0.05) is 6.54 Å². The standard InChI is InChI=1S/C13H17NO3/c1-2-16-13(15)14-8-9-17-12(10-14)11-6-4-3-5-7-11/h3-7,12H,2,8-10H2,1H3. The predicted octanol–water partition coefficient (Wildman–Crippen LogP) is 2.22. The van der Waals surface area contributed by atoms with Crippen LogP contribution in [0.1, 0.15) is 18.6 Å². The number of carbonyl (C=O) groups excluding carboxylic acids is 1. The molecule has 1 saturated heterocycles. The summed E-state index contributed by atoms with van der Waals surface area (Å²) in [5, 5.41) is 0. The van der Waals surface area contributed by atoms with E-state index in [1.807, 2.05) is 37.3 Å². The molecule has 0 bridgehead atoms. The summed E-state index contributed by atoms with van der Waals surface area (Å²) < 4.78 is 10.7. The number of hydrogen-bond acceptors (Lipinski definition) is 3. The summed E-state index contributed by atoms with van der Waals surface area (Å²) in [7, 11) is 0. The number of morpholine rings is 1. The maximum absolute atomic E-state index is 11.6. The van der Waals surface area contributed by atoms with Gasteiger partial charge in [-0.15, -0.1) is 0 Å². The Morgan fingerprint density at radius 3 is 2.94 bits per heavy atom.